The zero-order valence-electron chi connectivity index (χ0n) is 20.0. The summed E-state index contributed by atoms with van der Waals surface area (Å²) in [6.07, 6.45) is 12.0. The lowest BCUT2D eigenvalue weighted by Crippen LogP contribution is -2.42. The summed E-state index contributed by atoms with van der Waals surface area (Å²) < 4.78 is 0. The van der Waals surface area contributed by atoms with E-state index in [2.05, 4.69) is 58.3 Å². The van der Waals surface area contributed by atoms with Crippen molar-refractivity contribution >= 4 is 0 Å². The van der Waals surface area contributed by atoms with Crippen LogP contribution >= 0.6 is 0 Å². The van der Waals surface area contributed by atoms with Gasteiger partial charge in [0.05, 0.1) is 0 Å². The summed E-state index contributed by atoms with van der Waals surface area (Å²) >= 11 is 0. The first kappa shape index (κ1) is 21.2. The number of rotatable bonds is 2. The van der Waals surface area contributed by atoms with Crippen molar-refractivity contribution in [1.82, 2.24) is 9.80 Å². The van der Waals surface area contributed by atoms with Gasteiger partial charge in [0.1, 0.15) is 0 Å². The van der Waals surface area contributed by atoms with Crippen LogP contribution in [0, 0.1) is 28.6 Å². The lowest BCUT2D eigenvalue weighted by atomic mass is 9.65. The third-order valence-corrected chi connectivity index (χ3v) is 8.93. The molecule has 0 N–H and O–H groups in total. The van der Waals surface area contributed by atoms with Gasteiger partial charge < -0.3 is 0 Å². The number of hydrogen-bond donors (Lipinski definition) is 0. The minimum atomic E-state index is 0.571. The van der Waals surface area contributed by atoms with E-state index in [-0.39, 0.29) is 0 Å². The first-order chi connectivity index (χ1) is 13.0. The van der Waals surface area contributed by atoms with Crippen LogP contribution in [0.2, 0.25) is 0 Å². The van der Waals surface area contributed by atoms with Crippen LogP contribution in [0.15, 0.2) is 0 Å². The average Bonchev–Trinajstić information content (AvgIpc) is 2.65. The summed E-state index contributed by atoms with van der Waals surface area (Å²) in [7, 11) is 0. The molecule has 4 unspecified atom stereocenters. The molecule has 3 aliphatic heterocycles. The molecule has 0 amide bonds. The molecule has 2 nitrogen and oxygen atoms in total. The van der Waals surface area contributed by atoms with Crippen LogP contribution in [0.25, 0.3) is 0 Å². The standard InChI is InChI=1S/C13H23N.C13H25N/c1-9(2)14-8-12-4-10-3-11(5-12)7-13(14)6-10;1-10(2)14-9-13(5)7-11(14)6-12(3,4)8-13/h9-13H,3-8H2,1-2H3;10-11H,6-9H2,1-5H3. The minimum absolute atomic E-state index is 0.571. The molecular weight excluding hydrogens is 340 g/mol. The van der Waals surface area contributed by atoms with Gasteiger partial charge in [-0.05, 0) is 108 Å². The summed E-state index contributed by atoms with van der Waals surface area (Å²) in [4.78, 5) is 5.54. The number of hydrogen-bond acceptors (Lipinski definition) is 2. The fraction of sp³-hybridized carbons (Fsp3) is 1.00. The van der Waals surface area contributed by atoms with Crippen molar-refractivity contribution in [1.29, 1.82) is 0 Å². The maximum Gasteiger partial charge on any atom is 0.0109 e. The third kappa shape index (κ3) is 4.34. The highest BCUT2D eigenvalue weighted by atomic mass is 15.2. The highest BCUT2D eigenvalue weighted by Gasteiger charge is 2.50. The van der Waals surface area contributed by atoms with Gasteiger partial charge in [-0.25, -0.2) is 0 Å². The Labute approximate surface area is 175 Å². The summed E-state index contributed by atoms with van der Waals surface area (Å²) in [6, 6.07) is 3.32. The van der Waals surface area contributed by atoms with Crippen molar-refractivity contribution in [2.24, 2.45) is 28.6 Å². The van der Waals surface area contributed by atoms with Crippen molar-refractivity contribution in [3.63, 3.8) is 0 Å². The van der Waals surface area contributed by atoms with Crippen molar-refractivity contribution in [2.75, 3.05) is 13.1 Å². The molecule has 4 atom stereocenters. The number of nitrogens with zero attached hydrogens (tertiary/aromatic N) is 2. The van der Waals surface area contributed by atoms with Crippen LogP contribution in [0.4, 0.5) is 0 Å². The largest absolute Gasteiger partial charge is 0.298 e. The van der Waals surface area contributed by atoms with Crippen molar-refractivity contribution < 1.29 is 0 Å². The Morgan fingerprint density at radius 2 is 1.25 bits per heavy atom. The summed E-state index contributed by atoms with van der Waals surface area (Å²) in [5.41, 5.74) is 1.18. The Bertz CT molecular complexity index is 539. The second-order valence-corrected chi connectivity index (χ2v) is 13.2. The summed E-state index contributed by atoms with van der Waals surface area (Å²) in [6.45, 7) is 19.6. The van der Waals surface area contributed by atoms with Gasteiger partial charge in [-0.1, -0.05) is 20.8 Å². The van der Waals surface area contributed by atoms with Gasteiger partial charge >= 0.3 is 0 Å². The number of likely N-dealkylation sites (tertiary alicyclic amines) is 1. The van der Waals surface area contributed by atoms with Gasteiger partial charge in [0, 0.05) is 37.3 Å². The smallest absolute Gasteiger partial charge is 0.0109 e. The van der Waals surface area contributed by atoms with Crippen LogP contribution in [0.5, 0.6) is 0 Å². The van der Waals surface area contributed by atoms with Gasteiger partial charge in [0.25, 0.3) is 0 Å². The molecule has 3 heterocycles. The molecule has 0 aromatic carbocycles. The Morgan fingerprint density at radius 1 is 0.679 bits per heavy atom. The van der Waals surface area contributed by atoms with Gasteiger partial charge in [-0.15, -0.1) is 0 Å². The average molecular weight is 389 g/mol. The van der Waals surface area contributed by atoms with E-state index in [0.29, 0.717) is 10.8 Å². The van der Waals surface area contributed by atoms with Crippen molar-refractivity contribution in [2.45, 2.75) is 124 Å². The first-order valence-electron chi connectivity index (χ1n) is 12.5. The molecule has 28 heavy (non-hydrogen) atoms. The van der Waals surface area contributed by atoms with Gasteiger partial charge in [-0.3, -0.25) is 9.80 Å². The Morgan fingerprint density at radius 3 is 1.82 bits per heavy atom. The molecule has 6 bridgehead atoms. The fourth-order valence-corrected chi connectivity index (χ4v) is 8.56. The molecule has 0 radical (unpaired) electrons. The fourth-order valence-electron chi connectivity index (χ4n) is 8.56. The maximum atomic E-state index is 2.81. The highest BCUT2D eigenvalue weighted by Crippen LogP contribution is 2.53. The topological polar surface area (TPSA) is 6.48 Å². The normalized spacial score (nSPS) is 44.7. The van der Waals surface area contributed by atoms with E-state index in [4.69, 9.17) is 0 Å². The number of fused-ring (bicyclic) bond motifs is 3. The molecular formula is C26H48N2. The molecule has 0 aromatic rings. The van der Waals surface area contributed by atoms with E-state index in [9.17, 15) is 0 Å². The van der Waals surface area contributed by atoms with Gasteiger partial charge in [-0.2, -0.15) is 0 Å². The second-order valence-electron chi connectivity index (χ2n) is 13.2. The third-order valence-electron chi connectivity index (χ3n) is 8.93. The maximum absolute atomic E-state index is 2.81. The quantitative estimate of drug-likeness (QED) is 0.555. The van der Waals surface area contributed by atoms with Crippen LogP contribution in [0.1, 0.15) is 99.8 Å². The predicted molar refractivity (Wildman–Crippen MR) is 121 cm³/mol. The molecule has 6 rings (SSSR count). The van der Waals surface area contributed by atoms with Crippen molar-refractivity contribution in [3.05, 3.63) is 0 Å². The summed E-state index contributed by atoms with van der Waals surface area (Å²) in [5, 5.41) is 0. The lowest BCUT2D eigenvalue weighted by Gasteiger charge is -2.40. The van der Waals surface area contributed by atoms with Crippen LogP contribution < -0.4 is 0 Å². The molecule has 162 valence electrons. The van der Waals surface area contributed by atoms with Gasteiger partial charge in [0.2, 0.25) is 0 Å². The van der Waals surface area contributed by atoms with Crippen LogP contribution in [-0.2, 0) is 0 Å². The Balaban J connectivity index is 0.000000137. The van der Waals surface area contributed by atoms with Crippen LogP contribution in [-0.4, -0.2) is 47.1 Å². The molecule has 2 heteroatoms. The molecule has 0 spiro atoms. The molecule has 6 aliphatic rings. The SMILES string of the molecule is CC(C)N1CC2(C)CC1CC(C)(C)C2.CC(C)N1CC2CC3CC(C2)CC1C3. The molecule has 3 saturated heterocycles. The highest BCUT2D eigenvalue weighted by molar-refractivity contribution is 5.03. The summed E-state index contributed by atoms with van der Waals surface area (Å²) in [5.74, 6) is 3.25. The molecule has 3 saturated carbocycles. The van der Waals surface area contributed by atoms with E-state index >= 15 is 0 Å². The van der Waals surface area contributed by atoms with Gasteiger partial charge in [0.15, 0.2) is 0 Å². The molecule has 3 aliphatic carbocycles. The zero-order chi connectivity index (χ0) is 20.3. The second kappa shape index (κ2) is 7.56. The monoisotopic (exact) mass is 388 g/mol. The zero-order valence-corrected chi connectivity index (χ0v) is 20.0. The Hall–Kier alpha value is -0.0800. The van der Waals surface area contributed by atoms with Crippen LogP contribution in [0.3, 0.4) is 0 Å². The molecule has 6 fully saturated rings. The Kier molecular flexibility index (Phi) is 5.71. The van der Waals surface area contributed by atoms with Crippen molar-refractivity contribution in [3.8, 4) is 0 Å². The van der Waals surface area contributed by atoms with E-state index in [1.165, 1.54) is 45.2 Å². The van der Waals surface area contributed by atoms with E-state index < -0.39 is 0 Å². The van der Waals surface area contributed by atoms with E-state index in [1.54, 1.807) is 19.3 Å². The van der Waals surface area contributed by atoms with E-state index in [1.807, 2.05) is 0 Å². The minimum Gasteiger partial charge on any atom is -0.298 e. The first-order valence-corrected chi connectivity index (χ1v) is 12.5. The lowest BCUT2D eigenvalue weighted by molar-refractivity contribution is 0.107. The van der Waals surface area contributed by atoms with E-state index in [0.717, 1.165) is 41.9 Å². The molecule has 0 aromatic heterocycles. The predicted octanol–water partition coefficient (Wildman–Crippen LogP) is 6.20.